The number of nitrogens with zero attached hydrogens (tertiary/aromatic N) is 10. The number of fused-ring (bicyclic) bond motifs is 5. The smallest absolute Gasteiger partial charge is 0.319 e. The van der Waals surface area contributed by atoms with Crippen LogP contribution in [0.1, 0.15) is 99.2 Å². The van der Waals surface area contributed by atoms with Gasteiger partial charge in [0, 0.05) is 79.9 Å². The molecule has 13 rings (SSSR count). The maximum Gasteiger partial charge on any atom is 0.319 e. The number of nitrogens with two attached hydrogens (primary N) is 2. The zero-order valence-corrected chi connectivity index (χ0v) is 44.9. The molecule has 4 aliphatic heterocycles. The second-order valence-electron chi connectivity index (χ2n) is 22.5. The van der Waals surface area contributed by atoms with E-state index in [4.69, 9.17) is 25.9 Å². The number of ether oxygens (including phenoxy) is 2. The van der Waals surface area contributed by atoms with Crippen LogP contribution in [0.15, 0.2) is 46.1 Å². The number of anilines is 4. The van der Waals surface area contributed by atoms with E-state index in [-0.39, 0.29) is 119 Å². The summed E-state index contributed by atoms with van der Waals surface area (Å²) in [6.45, 7) is 7.18. The molecule has 6 atom stereocenters. The number of aromatic nitrogens is 10. The summed E-state index contributed by atoms with van der Waals surface area (Å²) in [5.41, 5.74) is 11.9. The highest BCUT2D eigenvalue weighted by molar-refractivity contribution is 5.97. The molecule has 20 nitrogen and oxygen atoms in total. The van der Waals surface area contributed by atoms with Crippen molar-refractivity contribution in [1.29, 1.82) is 0 Å². The molecule has 0 amide bonds. The van der Waals surface area contributed by atoms with Crippen molar-refractivity contribution in [2.45, 2.75) is 107 Å². The molecule has 0 radical (unpaired) electrons. The molecule has 4 saturated heterocycles. The maximum atomic E-state index is 17.2. The number of rotatable bonds is 15. The van der Waals surface area contributed by atoms with E-state index in [1.165, 1.54) is 23.0 Å². The Morgan fingerprint density at radius 3 is 2.19 bits per heavy atom. The minimum atomic E-state index is -1.16. The normalized spacial score (nSPS) is 23.2. The van der Waals surface area contributed by atoms with Crippen molar-refractivity contribution in [2.75, 3.05) is 68.0 Å². The zero-order valence-electron chi connectivity index (χ0n) is 44.9. The van der Waals surface area contributed by atoms with Gasteiger partial charge >= 0.3 is 12.0 Å². The van der Waals surface area contributed by atoms with Crippen molar-refractivity contribution < 1.29 is 31.4 Å². The van der Waals surface area contributed by atoms with Gasteiger partial charge in [0.05, 0.1) is 45.8 Å². The van der Waals surface area contributed by atoms with Crippen molar-refractivity contribution >= 4 is 56.0 Å². The highest BCUT2D eigenvalue weighted by Crippen LogP contribution is 2.49. The molecule has 11 heterocycles. The van der Waals surface area contributed by atoms with Crippen LogP contribution in [-0.2, 0) is 7.05 Å². The summed E-state index contributed by atoms with van der Waals surface area (Å²) < 4.78 is 94.2. The topological polar surface area (TPSA) is 262 Å². The third kappa shape index (κ3) is 8.89. The van der Waals surface area contributed by atoms with Gasteiger partial charge in [-0.05, 0) is 95.2 Å². The van der Waals surface area contributed by atoms with Gasteiger partial charge in [-0.2, -0.15) is 25.0 Å². The molecule has 0 bridgehead atoms. The van der Waals surface area contributed by atoms with E-state index in [0.29, 0.717) is 60.4 Å². The highest BCUT2D eigenvalue weighted by atomic mass is 19.1. The molecular weight excluding hydrogens is 1060 g/mol. The van der Waals surface area contributed by atoms with Crippen LogP contribution in [0.3, 0.4) is 0 Å². The van der Waals surface area contributed by atoms with Gasteiger partial charge < -0.3 is 41.5 Å². The number of halogens is 5. The molecular formula is C56H59F5N16O4. The minimum absolute atomic E-state index is 0.00724. The second kappa shape index (κ2) is 19.6. The molecule has 81 heavy (non-hydrogen) atoms. The quantitative estimate of drug-likeness (QED) is 0.0539. The SMILES string of the molecule is CCNc1nc(OC[C@@]23CC(c4ccc(C(C)Nc5nc(OC[C@@]67CCCN6C[C@H](F)C7)nc6c(F)c(-c7c(F)ccc8cnn(C)c78)[nH]c(=O)c56)c(N)n4)CN2C[C@H](F)C3)nc2c(F)c(-c3cc(N)nc(C)c3C3CC3)[nH]c(=O)c12. The first-order chi connectivity index (χ1) is 38.9. The third-order valence-corrected chi connectivity index (χ3v) is 17.2. The number of benzene rings is 1. The Hall–Kier alpha value is -8.06. The molecule has 1 aromatic carbocycles. The van der Waals surface area contributed by atoms with Gasteiger partial charge in [-0.25, -0.2) is 31.9 Å². The van der Waals surface area contributed by atoms with Gasteiger partial charge in [0.1, 0.15) is 76.5 Å². The van der Waals surface area contributed by atoms with Crippen LogP contribution >= 0.6 is 0 Å². The summed E-state index contributed by atoms with van der Waals surface area (Å²) in [6, 6.07) is 6.65. The van der Waals surface area contributed by atoms with Crippen LogP contribution in [0, 0.1) is 24.4 Å². The Morgan fingerprint density at radius 2 is 1.47 bits per heavy atom. The molecule has 25 heteroatoms. The summed E-state index contributed by atoms with van der Waals surface area (Å²) in [5, 5.41) is 10.7. The lowest BCUT2D eigenvalue weighted by Crippen LogP contribution is -2.43. The average Bonchev–Trinajstić information content (AvgIpc) is 3.67. The average molecular weight is 1120 g/mol. The lowest BCUT2D eigenvalue weighted by molar-refractivity contribution is 0.107. The Morgan fingerprint density at radius 1 is 0.802 bits per heavy atom. The number of nitrogens with one attached hydrogen (secondary N) is 4. The van der Waals surface area contributed by atoms with Crippen molar-refractivity contribution in [3.05, 3.63) is 97.2 Å². The van der Waals surface area contributed by atoms with E-state index < -0.39 is 69.2 Å². The van der Waals surface area contributed by atoms with Gasteiger partial charge in [-0.1, -0.05) is 6.07 Å². The maximum absolute atomic E-state index is 17.2. The van der Waals surface area contributed by atoms with Crippen molar-refractivity contribution in [1.82, 2.24) is 59.5 Å². The monoisotopic (exact) mass is 1110 g/mol. The molecule has 5 fully saturated rings. The van der Waals surface area contributed by atoms with E-state index in [1.54, 1.807) is 26.1 Å². The predicted octanol–water partition coefficient (Wildman–Crippen LogP) is 7.64. The van der Waals surface area contributed by atoms with Crippen LogP contribution in [0.25, 0.3) is 55.2 Å². The number of aromatic amines is 2. The molecule has 1 saturated carbocycles. The van der Waals surface area contributed by atoms with Gasteiger partial charge in [0.2, 0.25) is 0 Å². The van der Waals surface area contributed by atoms with E-state index >= 15 is 17.6 Å². The van der Waals surface area contributed by atoms with Gasteiger partial charge in [0.15, 0.2) is 11.6 Å². The first kappa shape index (κ1) is 52.3. The number of alkyl halides is 2. The number of hydrogen-bond donors (Lipinski definition) is 6. The fourth-order valence-electron chi connectivity index (χ4n) is 13.4. The fraction of sp³-hybridized carbons (Fsp3) is 0.446. The van der Waals surface area contributed by atoms with Gasteiger partial charge in [-0.3, -0.25) is 24.1 Å². The largest absolute Gasteiger partial charge is 0.461 e. The molecule has 5 aliphatic rings. The Labute approximate surface area is 459 Å². The highest BCUT2D eigenvalue weighted by Gasteiger charge is 2.54. The van der Waals surface area contributed by atoms with E-state index in [2.05, 4.69) is 55.5 Å². The summed E-state index contributed by atoms with van der Waals surface area (Å²) in [5.74, 6) is -2.42. The van der Waals surface area contributed by atoms with Crippen molar-refractivity contribution in [3.8, 4) is 34.5 Å². The Kier molecular flexibility index (Phi) is 12.7. The lowest BCUT2D eigenvalue weighted by Gasteiger charge is -2.30. The van der Waals surface area contributed by atoms with E-state index in [9.17, 15) is 14.0 Å². The van der Waals surface area contributed by atoms with Crippen molar-refractivity contribution in [2.24, 2.45) is 7.05 Å². The standard InChI is InChI=1S/C56H59F5N16O4/c1-5-64-49-39-45(41(60)43(69-51(39)78)33-15-36(62)66-26(3)37(33)27-7-8-27)71-53(73-49)81-24-56-16-29(20-77(56)22-31(58)18-56)35-12-10-32(48(63)68-35)25(2)67-50-40-46(72-54(74-50)80-23-55-13-6-14-76(55)21-30(57)17-55)42(61)44(70-52(40)79)38-34(59)11-9-28-19-65-75(4)47(28)38/h9-12,15,19,25,27,29-31H,5-8,13-14,16-18,20-24H2,1-4H3,(H2,62,66)(H2,63,68)(H,69,78)(H,70,79)(H,64,71,73)(H,67,72,74)/t25?,29?,30-,31-,55+,56+/m1/s1. The van der Waals surface area contributed by atoms with Crippen LogP contribution < -0.4 is 42.7 Å². The molecule has 1 aliphatic carbocycles. The summed E-state index contributed by atoms with van der Waals surface area (Å²) in [7, 11) is 1.58. The molecule has 422 valence electrons. The van der Waals surface area contributed by atoms with Crippen LogP contribution in [-0.4, -0.2) is 129 Å². The summed E-state index contributed by atoms with van der Waals surface area (Å²) in [4.78, 5) is 64.7. The van der Waals surface area contributed by atoms with Crippen molar-refractivity contribution in [3.63, 3.8) is 0 Å². The number of H-pyrrole nitrogens is 2. The third-order valence-electron chi connectivity index (χ3n) is 17.2. The van der Waals surface area contributed by atoms with Gasteiger partial charge in [-0.15, -0.1) is 0 Å². The van der Waals surface area contributed by atoms with Crippen LogP contribution in [0.5, 0.6) is 12.0 Å². The second-order valence-corrected chi connectivity index (χ2v) is 22.5. The minimum Gasteiger partial charge on any atom is -0.461 e. The summed E-state index contributed by atoms with van der Waals surface area (Å²) >= 11 is 0. The number of pyridine rings is 4. The zero-order chi connectivity index (χ0) is 56.4. The number of aryl methyl sites for hydroxylation is 2. The molecule has 0 spiro atoms. The lowest BCUT2D eigenvalue weighted by atomic mass is 9.88. The molecule has 8 aromatic rings. The van der Waals surface area contributed by atoms with Gasteiger partial charge in [0.25, 0.3) is 11.1 Å². The van der Waals surface area contributed by atoms with Crippen LogP contribution in [0.2, 0.25) is 0 Å². The number of nitrogen functional groups attached to an aromatic ring is 2. The summed E-state index contributed by atoms with van der Waals surface area (Å²) in [6.07, 6.45) is 3.39. The number of hydrogen-bond acceptors (Lipinski definition) is 17. The first-order valence-corrected chi connectivity index (χ1v) is 27.4. The molecule has 8 N–H and O–H groups in total. The molecule has 7 aromatic heterocycles. The van der Waals surface area contributed by atoms with E-state index in [1.807, 2.05) is 24.8 Å². The Bertz CT molecular complexity index is 4010. The van der Waals surface area contributed by atoms with E-state index in [0.717, 1.165) is 24.8 Å². The predicted molar refractivity (Wildman–Crippen MR) is 294 cm³/mol. The fourth-order valence-corrected chi connectivity index (χ4v) is 13.4. The first-order valence-electron chi connectivity index (χ1n) is 27.4. The molecule has 2 unspecified atom stereocenters. The van der Waals surface area contributed by atoms with Crippen LogP contribution in [0.4, 0.5) is 45.2 Å². The Balaban J connectivity index is 0.786.